The van der Waals surface area contributed by atoms with E-state index in [1.54, 1.807) is 24.3 Å². The van der Waals surface area contributed by atoms with Crippen LogP contribution in [0.3, 0.4) is 0 Å². The molecule has 2 aromatic rings. The third-order valence-electron chi connectivity index (χ3n) is 4.08. The van der Waals surface area contributed by atoms with E-state index in [2.05, 4.69) is 5.32 Å². The van der Waals surface area contributed by atoms with Crippen molar-refractivity contribution in [2.45, 2.75) is 12.5 Å². The number of carbonyl (C=O) groups excluding carboxylic acids is 1. The van der Waals surface area contributed by atoms with E-state index in [1.165, 1.54) is 4.90 Å². The monoisotopic (exact) mass is 370 g/mol. The van der Waals surface area contributed by atoms with Crippen LogP contribution in [0, 0.1) is 0 Å². The predicted molar refractivity (Wildman–Crippen MR) is 107 cm³/mol. The molecule has 0 saturated carbocycles. The second-order valence-corrected chi connectivity index (χ2v) is 6.57. The zero-order valence-electron chi connectivity index (χ0n) is 15.6. The molecule has 144 valence electrons. The largest absolute Gasteiger partial charge is 0.465 e. The highest BCUT2D eigenvalue weighted by molar-refractivity contribution is 5.95. The third kappa shape index (κ3) is 6.40. The molecular weight excluding hydrogens is 344 g/mol. The van der Waals surface area contributed by atoms with Crippen molar-refractivity contribution in [2.75, 3.05) is 37.4 Å². The Labute approximate surface area is 159 Å². The molecule has 0 unspecified atom stereocenters. The molecule has 0 aliphatic carbocycles. The van der Waals surface area contributed by atoms with Crippen molar-refractivity contribution >= 4 is 23.4 Å². The first-order chi connectivity index (χ1) is 12.9. The van der Waals surface area contributed by atoms with Gasteiger partial charge in [0.15, 0.2) is 0 Å². The highest BCUT2D eigenvalue weighted by Crippen LogP contribution is 2.18. The van der Waals surface area contributed by atoms with Crippen LogP contribution in [-0.2, 0) is 11.2 Å². The molecule has 0 heterocycles. The lowest BCUT2D eigenvalue weighted by Crippen LogP contribution is -2.37. The number of nitrogens with one attached hydrogen (secondary N) is 1. The number of carbonyl (C=O) groups is 2. The lowest BCUT2D eigenvalue weighted by atomic mass is 10.1. The molecule has 1 atom stereocenters. The Kier molecular flexibility index (Phi) is 7.34. The summed E-state index contributed by atoms with van der Waals surface area (Å²) in [4.78, 5) is 26.9. The van der Waals surface area contributed by atoms with Crippen LogP contribution in [-0.4, -0.2) is 55.2 Å². The van der Waals surface area contributed by atoms with Crippen LogP contribution >= 0.6 is 0 Å². The van der Waals surface area contributed by atoms with Gasteiger partial charge >= 0.3 is 6.09 Å². The van der Waals surface area contributed by atoms with Crippen molar-refractivity contribution in [2.24, 2.45) is 5.73 Å². The maximum absolute atomic E-state index is 12.3. The van der Waals surface area contributed by atoms with Gasteiger partial charge in [-0.05, 0) is 50.3 Å². The molecule has 0 spiro atoms. The summed E-state index contributed by atoms with van der Waals surface area (Å²) >= 11 is 0. The van der Waals surface area contributed by atoms with Gasteiger partial charge in [-0.25, -0.2) is 4.79 Å². The van der Waals surface area contributed by atoms with Crippen LogP contribution in [0.4, 0.5) is 16.2 Å². The summed E-state index contributed by atoms with van der Waals surface area (Å²) in [6.45, 7) is 0.967. The van der Waals surface area contributed by atoms with Crippen molar-refractivity contribution in [3.63, 3.8) is 0 Å². The van der Waals surface area contributed by atoms with E-state index in [-0.39, 0.29) is 5.91 Å². The number of hydrogen-bond donors (Lipinski definition) is 3. The first kappa shape index (κ1) is 20.4. The molecule has 7 nitrogen and oxygen atoms in total. The van der Waals surface area contributed by atoms with Crippen LogP contribution in [0.5, 0.6) is 0 Å². The standard InChI is InChI=1S/C20H26N4O3/c1-23(2)12-13-24(20(26)27)17-10-8-16(9-11-17)22-19(25)18(21)14-15-6-4-3-5-7-15/h3-11,18H,12-14,21H2,1-2H3,(H,22,25)(H,26,27)/t18-/m0/s1. The molecule has 0 aliphatic heterocycles. The lowest BCUT2D eigenvalue weighted by Gasteiger charge is -2.21. The Morgan fingerprint density at radius 3 is 2.22 bits per heavy atom. The Morgan fingerprint density at radius 2 is 1.67 bits per heavy atom. The molecule has 0 aliphatic rings. The highest BCUT2D eigenvalue weighted by atomic mass is 16.4. The zero-order valence-corrected chi connectivity index (χ0v) is 15.6. The Balaban J connectivity index is 1.97. The van der Waals surface area contributed by atoms with Crippen LogP contribution in [0.1, 0.15) is 5.56 Å². The van der Waals surface area contributed by atoms with E-state index in [9.17, 15) is 14.7 Å². The Hall–Kier alpha value is -2.90. The average molecular weight is 370 g/mol. The number of carboxylic acid groups (broad SMARTS) is 1. The van der Waals surface area contributed by atoms with E-state index in [0.717, 1.165) is 5.56 Å². The minimum absolute atomic E-state index is 0.283. The molecule has 27 heavy (non-hydrogen) atoms. The summed E-state index contributed by atoms with van der Waals surface area (Å²) in [5, 5.41) is 12.2. The SMILES string of the molecule is CN(C)CCN(C(=O)O)c1ccc(NC(=O)[C@@H](N)Cc2ccccc2)cc1. The van der Waals surface area contributed by atoms with E-state index in [0.29, 0.717) is 30.9 Å². The topological polar surface area (TPSA) is 98.9 Å². The fourth-order valence-corrected chi connectivity index (χ4v) is 2.56. The molecule has 0 bridgehead atoms. The molecule has 4 N–H and O–H groups in total. The van der Waals surface area contributed by atoms with Crippen LogP contribution in [0.15, 0.2) is 54.6 Å². The van der Waals surface area contributed by atoms with Gasteiger partial charge in [0, 0.05) is 24.5 Å². The lowest BCUT2D eigenvalue weighted by molar-refractivity contribution is -0.117. The molecule has 0 saturated heterocycles. The van der Waals surface area contributed by atoms with E-state index in [4.69, 9.17) is 5.73 Å². The van der Waals surface area contributed by atoms with Gasteiger partial charge in [0.05, 0.1) is 6.04 Å². The summed E-state index contributed by atoms with van der Waals surface area (Å²) in [5.74, 6) is -0.283. The third-order valence-corrected chi connectivity index (χ3v) is 4.08. The first-order valence-corrected chi connectivity index (χ1v) is 8.72. The summed E-state index contributed by atoms with van der Waals surface area (Å²) in [7, 11) is 3.77. The van der Waals surface area contributed by atoms with Gasteiger partial charge in [0.2, 0.25) is 5.91 Å². The normalized spacial score (nSPS) is 11.9. The molecule has 2 rings (SSSR count). The quantitative estimate of drug-likeness (QED) is 0.662. The fourth-order valence-electron chi connectivity index (χ4n) is 2.56. The maximum atomic E-state index is 12.3. The van der Waals surface area contributed by atoms with E-state index >= 15 is 0 Å². The zero-order chi connectivity index (χ0) is 19.8. The number of nitrogens with zero attached hydrogens (tertiary/aromatic N) is 2. The Morgan fingerprint density at radius 1 is 1.04 bits per heavy atom. The van der Waals surface area contributed by atoms with Gasteiger partial charge in [-0.1, -0.05) is 30.3 Å². The number of rotatable bonds is 8. The molecule has 0 aromatic heterocycles. The minimum Gasteiger partial charge on any atom is -0.465 e. The van der Waals surface area contributed by atoms with Crippen molar-refractivity contribution in [3.05, 3.63) is 60.2 Å². The van der Waals surface area contributed by atoms with Gasteiger partial charge in [0.1, 0.15) is 0 Å². The number of amides is 2. The molecule has 0 radical (unpaired) electrons. The van der Waals surface area contributed by atoms with Crippen molar-refractivity contribution in [1.82, 2.24) is 4.90 Å². The van der Waals surface area contributed by atoms with Crippen molar-refractivity contribution in [3.8, 4) is 0 Å². The molecule has 2 amide bonds. The first-order valence-electron chi connectivity index (χ1n) is 8.72. The summed E-state index contributed by atoms with van der Waals surface area (Å²) < 4.78 is 0. The van der Waals surface area contributed by atoms with Gasteiger partial charge in [-0.2, -0.15) is 0 Å². The highest BCUT2D eigenvalue weighted by Gasteiger charge is 2.16. The molecule has 2 aromatic carbocycles. The van der Waals surface area contributed by atoms with E-state index < -0.39 is 12.1 Å². The number of benzene rings is 2. The van der Waals surface area contributed by atoms with Crippen LogP contribution in [0.25, 0.3) is 0 Å². The summed E-state index contributed by atoms with van der Waals surface area (Å²) in [5.41, 5.74) is 8.10. The Bertz CT molecular complexity index is 748. The molecule has 7 heteroatoms. The van der Waals surface area contributed by atoms with Gasteiger partial charge < -0.3 is 21.1 Å². The van der Waals surface area contributed by atoms with Crippen molar-refractivity contribution < 1.29 is 14.7 Å². The summed E-state index contributed by atoms with van der Waals surface area (Å²) in [6, 6.07) is 15.6. The fraction of sp³-hybridized carbons (Fsp3) is 0.300. The second kappa shape index (κ2) is 9.70. The smallest absolute Gasteiger partial charge is 0.411 e. The predicted octanol–water partition coefficient (Wildman–Crippen LogP) is 2.24. The van der Waals surface area contributed by atoms with Crippen molar-refractivity contribution in [1.29, 1.82) is 0 Å². The van der Waals surface area contributed by atoms with Crippen LogP contribution in [0.2, 0.25) is 0 Å². The minimum atomic E-state index is -1.02. The molecule has 0 fully saturated rings. The summed E-state index contributed by atoms with van der Waals surface area (Å²) in [6.07, 6.45) is -0.569. The molecular formula is C20H26N4O3. The number of likely N-dealkylation sites (N-methyl/N-ethyl adjacent to an activating group) is 1. The number of anilines is 2. The van der Waals surface area contributed by atoms with E-state index in [1.807, 2.05) is 49.3 Å². The van der Waals surface area contributed by atoms with Gasteiger partial charge in [-0.3, -0.25) is 9.69 Å². The average Bonchev–Trinajstić information content (AvgIpc) is 2.63. The number of hydrogen-bond acceptors (Lipinski definition) is 4. The second-order valence-electron chi connectivity index (χ2n) is 6.57. The number of nitrogens with two attached hydrogens (primary N) is 1. The maximum Gasteiger partial charge on any atom is 0.411 e. The van der Waals surface area contributed by atoms with Gasteiger partial charge in [-0.15, -0.1) is 0 Å². The van der Waals surface area contributed by atoms with Gasteiger partial charge in [0.25, 0.3) is 0 Å². The van der Waals surface area contributed by atoms with Crippen LogP contribution < -0.4 is 16.0 Å².